The quantitative estimate of drug-likeness (QED) is 0.759. The first kappa shape index (κ1) is 21.9. The first-order chi connectivity index (χ1) is 14.0. The smallest absolute Gasteiger partial charge is 0.410 e. The molecule has 0 saturated carbocycles. The Morgan fingerprint density at radius 2 is 1.83 bits per heavy atom. The van der Waals surface area contributed by atoms with Crippen molar-refractivity contribution in [1.29, 1.82) is 0 Å². The number of ether oxygens (including phenoxy) is 1. The Bertz CT molecular complexity index is 883. The Balaban J connectivity index is 1.85. The van der Waals surface area contributed by atoms with Crippen molar-refractivity contribution in [2.24, 2.45) is 0 Å². The molecule has 1 aliphatic carbocycles. The number of carboxylic acid groups (broad SMARTS) is 1. The normalized spacial score (nSPS) is 19.0. The van der Waals surface area contributed by atoms with E-state index in [1.54, 1.807) is 11.1 Å². The third kappa shape index (κ3) is 4.52. The standard InChI is InChI=1S/C22H31N3O5/c1-22(2,3)30-21(29)24-10-8-15(9-11-24)25-13-17(20(27)28)16-7-6-14(12-23(4)5)19(26)18(16)25/h12-13,15H,6-11H2,1-5H3,(H,27,28)/b14-12+. The first-order valence-electron chi connectivity index (χ1n) is 10.3. The van der Waals surface area contributed by atoms with Crippen LogP contribution in [0.2, 0.25) is 0 Å². The monoisotopic (exact) mass is 417 g/mol. The van der Waals surface area contributed by atoms with E-state index in [0.29, 0.717) is 55.6 Å². The average molecular weight is 418 g/mol. The summed E-state index contributed by atoms with van der Waals surface area (Å²) in [4.78, 5) is 40.8. The van der Waals surface area contributed by atoms with Gasteiger partial charge in [0.25, 0.3) is 0 Å². The zero-order valence-corrected chi connectivity index (χ0v) is 18.4. The first-order valence-corrected chi connectivity index (χ1v) is 10.3. The van der Waals surface area contributed by atoms with Crippen molar-refractivity contribution >= 4 is 17.8 Å². The van der Waals surface area contributed by atoms with Crippen molar-refractivity contribution in [2.45, 2.75) is 58.1 Å². The minimum Gasteiger partial charge on any atom is -0.478 e. The number of likely N-dealkylation sites (tertiary alicyclic amines) is 1. The summed E-state index contributed by atoms with van der Waals surface area (Å²) in [5.74, 6) is -1.11. The number of carbonyl (C=O) groups excluding carboxylic acids is 2. The van der Waals surface area contributed by atoms with E-state index in [4.69, 9.17) is 4.74 Å². The average Bonchev–Trinajstić information content (AvgIpc) is 3.03. The van der Waals surface area contributed by atoms with E-state index in [2.05, 4.69) is 0 Å². The summed E-state index contributed by atoms with van der Waals surface area (Å²) in [5, 5.41) is 9.66. The molecule has 0 spiro atoms. The van der Waals surface area contributed by atoms with Crippen LogP contribution in [-0.4, -0.2) is 70.1 Å². The van der Waals surface area contributed by atoms with E-state index in [-0.39, 0.29) is 23.5 Å². The van der Waals surface area contributed by atoms with Crippen molar-refractivity contribution in [2.75, 3.05) is 27.2 Å². The largest absolute Gasteiger partial charge is 0.478 e. The van der Waals surface area contributed by atoms with Gasteiger partial charge in [-0.3, -0.25) is 4.79 Å². The summed E-state index contributed by atoms with van der Waals surface area (Å²) in [6, 6.07) is -0.0341. The van der Waals surface area contributed by atoms with E-state index < -0.39 is 11.6 Å². The number of fused-ring (bicyclic) bond motifs is 1. The van der Waals surface area contributed by atoms with Gasteiger partial charge in [-0.1, -0.05) is 0 Å². The van der Waals surface area contributed by atoms with Gasteiger partial charge in [-0.25, -0.2) is 9.59 Å². The molecule has 1 aliphatic heterocycles. The molecule has 8 nitrogen and oxygen atoms in total. The Labute approximate surface area is 177 Å². The van der Waals surface area contributed by atoms with Crippen LogP contribution in [0, 0.1) is 0 Å². The lowest BCUT2D eigenvalue weighted by molar-refractivity contribution is 0.0187. The zero-order chi connectivity index (χ0) is 22.2. The number of hydrogen-bond acceptors (Lipinski definition) is 5. The number of rotatable bonds is 3. The maximum absolute atomic E-state index is 13.2. The molecule has 2 heterocycles. The lowest BCUT2D eigenvalue weighted by Crippen LogP contribution is -2.42. The Morgan fingerprint density at radius 1 is 1.20 bits per heavy atom. The fraction of sp³-hybridized carbons (Fsp3) is 0.591. The summed E-state index contributed by atoms with van der Waals surface area (Å²) in [6.07, 6.45) is 5.43. The van der Waals surface area contributed by atoms with Gasteiger partial charge in [0.1, 0.15) is 5.60 Å². The molecule has 0 aromatic carbocycles. The van der Waals surface area contributed by atoms with Crippen LogP contribution < -0.4 is 0 Å². The van der Waals surface area contributed by atoms with Crippen molar-refractivity contribution < 1.29 is 24.2 Å². The number of carboxylic acids is 1. The van der Waals surface area contributed by atoms with Crippen LogP contribution in [-0.2, 0) is 11.2 Å². The van der Waals surface area contributed by atoms with Gasteiger partial charge in [-0.05, 0) is 52.0 Å². The highest BCUT2D eigenvalue weighted by molar-refractivity contribution is 6.11. The van der Waals surface area contributed by atoms with Gasteiger partial charge in [0.15, 0.2) is 0 Å². The van der Waals surface area contributed by atoms with Crippen molar-refractivity contribution in [3.8, 4) is 0 Å². The number of amides is 1. The van der Waals surface area contributed by atoms with Crippen LogP contribution in [0.3, 0.4) is 0 Å². The fourth-order valence-corrected chi connectivity index (χ4v) is 4.16. The number of aromatic nitrogens is 1. The second-order valence-electron chi connectivity index (χ2n) is 9.23. The van der Waals surface area contributed by atoms with Gasteiger partial charge in [0, 0.05) is 51.2 Å². The van der Waals surface area contributed by atoms with Gasteiger partial charge in [0.05, 0.1) is 11.3 Å². The predicted molar refractivity (Wildman–Crippen MR) is 112 cm³/mol. The number of allylic oxidation sites excluding steroid dienone is 1. The SMILES string of the molecule is CN(C)/C=C1\CCc2c(C(=O)O)cn(C3CCN(C(=O)OC(C)(C)C)CC3)c2C1=O. The molecule has 0 bridgehead atoms. The number of hydrogen-bond donors (Lipinski definition) is 1. The summed E-state index contributed by atoms with van der Waals surface area (Å²) in [7, 11) is 3.73. The molecule has 30 heavy (non-hydrogen) atoms. The fourth-order valence-electron chi connectivity index (χ4n) is 4.16. The summed E-state index contributed by atoms with van der Waals surface area (Å²) in [5.41, 5.74) is 1.46. The molecular weight excluding hydrogens is 386 g/mol. The number of nitrogens with zero attached hydrogens (tertiary/aromatic N) is 3. The van der Waals surface area contributed by atoms with E-state index in [0.717, 1.165) is 0 Å². The maximum atomic E-state index is 13.2. The van der Waals surface area contributed by atoms with Crippen molar-refractivity contribution in [3.63, 3.8) is 0 Å². The molecule has 0 unspecified atom stereocenters. The summed E-state index contributed by atoms with van der Waals surface area (Å²) < 4.78 is 7.29. The predicted octanol–water partition coefficient (Wildman–Crippen LogP) is 3.33. The molecule has 3 rings (SSSR count). The van der Waals surface area contributed by atoms with Crippen LogP contribution in [0.1, 0.15) is 72.5 Å². The molecule has 0 radical (unpaired) electrons. The van der Waals surface area contributed by atoms with Gasteiger partial charge in [-0.15, -0.1) is 0 Å². The van der Waals surface area contributed by atoms with Crippen LogP contribution >= 0.6 is 0 Å². The highest BCUT2D eigenvalue weighted by Gasteiger charge is 2.35. The van der Waals surface area contributed by atoms with E-state index in [1.807, 2.05) is 50.5 Å². The van der Waals surface area contributed by atoms with Crippen LogP contribution in [0.5, 0.6) is 0 Å². The summed E-state index contributed by atoms with van der Waals surface area (Å²) >= 11 is 0. The molecular formula is C22H31N3O5. The molecule has 8 heteroatoms. The molecule has 1 N–H and O–H groups in total. The Morgan fingerprint density at radius 3 is 2.37 bits per heavy atom. The minimum atomic E-state index is -1.01. The second kappa shape index (κ2) is 8.16. The zero-order valence-electron chi connectivity index (χ0n) is 18.4. The Kier molecular flexibility index (Phi) is 5.97. The van der Waals surface area contributed by atoms with Crippen LogP contribution in [0.4, 0.5) is 4.79 Å². The molecule has 1 saturated heterocycles. The molecule has 1 amide bonds. The van der Waals surface area contributed by atoms with E-state index in [9.17, 15) is 19.5 Å². The number of Topliss-reactive ketones (excluding diaryl/α,β-unsaturated/α-hetero) is 1. The van der Waals surface area contributed by atoms with Crippen LogP contribution in [0.15, 0.2) is 18.0 Å². The van der Waals surface area contributed by atoms with Crippen LogP contribution in [0.25, 0.3) is 0 Å². The molecule has 0 atom stereocenters. The van der Waals surface area contributed by atoms with Crippen molar-refractivity contribution in [3.05, 3.63) is 34.8 Å². The lowest BCUT2D eigenvalue weighted by Gasteiger charge is -2.35. The minimum absolute atomic E-state index is 0.0341. The number of aromatic carboxylic acids is 1. The topological polar surface area (TPSA) is 92.1 Å². The highest BCUT2D eigenvalue weighted by atomic mass is 16.6. The number of carbonyl (C=O) groups is 3. The molecule has 164 valence electrons. The maximum Gasteiger partial charge on any atom is 0.410 e. The van der Waals surface area contributed by atoms with Gasteiger partial charge in [0.2, 0.25) is 5.78 Å². The van der Waals surface area contributed by atoms with Gasteiger partial charge in [-0.2, -0.15) is 0 Å². The molecule has 1 aromatic rings. The third-order valence-corrected chi connectivity index (χ3v) is 5.44. The number of ketones is 1. The molecule has 2 aliphatic rings. The Hall–Kier alpha value is -2.77. The lowest BCUT2D eigenvalue weighted by atomic mass is 9.89. The second-order valence-corrected chi connectivity index (χ2v) is 9.23. The van der Waals surface area contributed by atoms with Gasteiger partial charge < -0.3 is 24.2 Å². The van der Waals surface area contributed by atoms with Crippen molar-refractivity contribution in [1.82, 2.24) is 14.4 Å². The molecule has 1 fully saturated rings. The number of piperidine rings is 1. The van der Waals surface area contributed by atoms with E-state index >= 15 is 0 Å². The molecule has 1 aromatic heterocycles. The van der Waals surface area contributed by atoms with E-state index in [1.165, 1.54) is 0 Å². The third-order valence-electron chi connectivity index (χ3n) is 5.44. The van der Waals surface area contributed by atoms with Gasteiger partial charge >= 0.3 is 12.1 Å². The highest BCUT2D eigenvalue weighted by Crippen LogP contribution is 2.35. The summed E-state index contributed by atoms with van der Waals surface area (Å²) in [6.45, 7) is 6.51.